The van der Waals surface area contributed by atoms with E-state index in [9.17, 15) is 9.59 Å². The van der Waals surface area contributed by atoms with E-state index in [1.54, 1.807) is 12.3 Å². The van der Waals surface area contributed by atoms with Gasteiger partial charge in [0.2, 0.25) is 11.8 Å². The van der Waals surface area contributed by atoms with Gasteiger partial charge in [-0.25, -0.2) is 0 Å². The summed E-state index contributed by atoms with van der Waals surface area (Å²) in [5, 5.41) is 5.28. The standard InChI is InChI=1S/C10H12N2O3/c1-6(8-3-2-4-15-8)11-7-5-9(13)12-10(7)14/h2-4,6-7,11H,5H2,1H3,(H,12,13,14)/t6-,7?/m0/s1. The molecule has 1 aliphatic rings. The number of carbonyl (C=O) groups is 2. The van der Waals surface area contributed by atoms with Crippen molar-refractivity contribution in [2.75, 3.05) is 0 Å². The van der Waals surface area contributed by atoms with Gasteiger partial charge in [-0.15, -0.1) is 0 Å². The minimum atomic E-state index is -0.447. The summed E-state index contributed by atoms with van der Waals surface area (Å²) in [5.74, 6) is 0.254. The number of hydrogen-bond acceptors (Lipinski definition) is 4. The highest BCUT2D eigenvalue weighted by molar-refractivity contribution is 6.05. The minimum Gasteiger partial charge on any atom is -0.468 e. The fourth-order valence-electron chi connectivity index (χ4n) is 1.61. The third kappa shape index (κ3) is 2.07. The molecule has 0 spiro atoms. The Morgan fingerprint density at radius 1 is 1.60 bits per heavy atom. The summed E-state index contributed by atoms with van der Waals surface area (Å²) < 4.78 is 5.19. The van der Waals surface area contributed by atoms with Crippen molar-refractivity contribution in [2.24, 2.45) is 0 Å². The number of nitrogens with one attached hydrogen (secondary N) is 2. The van der Waals surface area contributed by atoms with Crippen molar-refractivity contribution in [3.8, 4) is 0 Å². The van der Waals surface area contributed by atoms with E-state index in [0.717, 1.165) is 5.76 Å². The van der Waals surface area contributed by atoms with Crippen molar-refractivity contribution in [1.29, 1.82) is 0 Å². The molecule has 5 nitrogen and oxygen atoms in total. The zero-order valence-electron chi connectivity index (χ0n) is 8.32. The molecule has 2 amide bonds. The molecule has 2 heterocycles. The fraction of sp³-hybridized carbons (Fsp3) is 0.400. The van der Waals surface area contributed by atoms with Gasteiger partial charge in [-0.05, 0) is 19.1 Å². The van der Waals surface area contributed by atoms with E-state index in [2.05, 4.69) is 10.6 Å². The lowest BCUT2D eigenvalue weighted by Crippen LogP contribution is -2.37. The Morgan fingerprint density at radius 2 is 2.40 bits per heavy atom. The number of rotatable bonds is 3. The van der Waals surface area contributed by atoms with Crippen molar-refractivity contribution in [3.63, 3.8) is 0 Å². The Morgan fingerprint density at radius 3 is 2.93 bits per heavy atom. The highest BCUT2D eigenvalue weighted by Gasteiger charge is 2.31. The van der Waals surface area contributed by atoms with Gasteiger partial charge in [0, 0.05) is 0 Å². The Kier molecular flexibility index (Phi) is 2.55. The number of furan rings is 1. The molecule has 0 saturated carbocycles. The second kappa shape index (κ2) is 3.86. The molecule has 1 aromatic heterocycles. The Balaban J connectivity index is 1.98. The van der Waals surface area contributed by atoms with Crippen LogP contribution in [0.25, 0.3) is 0 Å². The van der Waals surface area contributed by atoms with Gasteiger partial charge >= 0.3 is 0 Å². The minimum absolute atomic E-state index is 0.0818. The lowest BCUT2D eigenvalue weighted by atomic mass is 10.2. The smallest absolute Gasteiger partial charge is 0.244 e. The first kappa shape index (κ1) is 9.92. The highest BCUT2D eigenvalue weighted by Crippen LogP contribution is 2.15. The van der Waals surface area contributed by atoms with Crippen LogP contribution in [0, 0.1) is 0 Å². The molecule has 2 atom stereocenters. The van der Waals surface area contributed by atoms with Crippen LogP contribution in [0.1, 0.15) is 25.1 Å². The molecule has 0 bridgehead atoms. The molecule has 2 rings (SSSR count). The van der Waals surface area contributed by atoms with Gasteiger partial charge < -0.3 is 4.42 Å². The maximum atomic E-state index is 11.3. The SMILES string of the molecule is C[C@H](NC1CC(=O)NC1=O)c1ccco1. The molecule has 80 valence electrons. The van der Waals surface area contributed by atoms with E-state index in [0.29, 0.717) is 0 Å². The number of hydrogen-bond donors (Lipinski definition) is 2. The second-order valence-electron chi connectivity index (χ2n) is 3.57. The summed E-state index contributed by atoms with van der Waals surface area (Å²) in [4.78, 5) is 22.2. The first-order valence-corrected chi connectivity index (χ1v) is 4.80. The van der Waals surface area contributed by atoms with Crippen molar-refractivity contribution in [2.45, 2.75) is 25.4 Å². The van der Waals surface area contributed by atoms with Crippen LogP contribution in [0.2, 0.25) is 0 Å². The van der Waals surface area contributed by atoms with Crippen molar-refractivity contribution < 1.29 is 14.0 Å². The summed E-state index contributed by atoms with van der Waals surface area (Å²) in [6.45, 7) is 1.88. The van der Waals surface area contributed by atoms with Crippen LogP contribution in [-0.2, 0) is 9.59 Å². The maximum absolute atomic E-state index is 11.3. The Bertz CT molecular complexity index is 372. The molecule has 1 unspecified atom stereocenters. The fourth-order valence-corrected chi connectivity index (χ4v) is 1.61. The average Bonchev–Trinajstić information content (AvgIpc) is 2.76. The summed E-state index contributed by atoms with van der Waals surface area (Å²) in [7, 11) is 0. The van der Waals surface area contributed by atoms with Gasteiger partial charge in [0.15, 0.2) is 0 Å². The second-order valence-corrected chi connectivity index (χ2v) is 3.57. The van der Waals surface area contributed by atoms with Gasteiger partial charge in [0.05, 0.1) is 24.8 Å². The van der Waals surface area contributed by atoms with E-state index in [-0.39, 0.29) is 24.3 Å². The molecule has 0 aliphatic carbocycles. The molecule has 0 aromatic carbocycles. The summed E-state index contributed by atoms with van der Waals surface area (Å²) in [6.07, 6.45) is 1.78. The van der Waals surface area contributed by atoms with Crippen LogP contribution in [0.15, 0.2) is 22.8 Å². The summed E-state index contributed by atoms with van der Waals surface area (Å²) in [5.41, 5.74) is 0. The van der Waals surface area contributed by atoms with E-state index in [1.165, 1.54) is 0 Å². The molecule has 1 aromatic rings. The van der Waals surface area contributed by atoms with Gasteiger partial charge in [0.1, 0.15) is 5.76 Å². The number of carbonyl (C=O) groups excluding carboxylic acids is 2. The lowest BCUT2D eigenvalue weighted by Gasteiger charge is -2.14. The molecule has 5 heteroatoms. The summed E-state index contributed by atoms with van der Waals surface area (Å²) in [6, 6.07) is 3.08. The molecule has 1 fully saturated rings. The molecule has 0 radical (unpaired) electrons. The van der Waals surface area contributed by atoms with E-state index >= 15 is 0 Å². The first-order chi connectivity index (χ1) is 7.16. The zero-order valence-corrected chi connectivity index (χ0v) is 8.32. The quantitative estimate of drug-likeness (QED) is 0.703. The largest absolute Gasteiger partial charge is 0.468 e. The highest BCUT2D eigenvalue weighted by atomic mass is 16.3. The van der Waals surface area contributed by atoms with Crippen LogP contribution in [0.4, 0.5) is 0 Å². The maximum Gasteiger partial charge on any atom is 0.244 e. The molecule has 1 aliphatic heterocycles. The van der Waals surface area contributed by atoms with Crippen LogP contribution >= 0.6 is 0 Å². The third-order valence-electron chi connectivity index (χ3n) is 2.39. The van der Waals surface area contributed by atoms with Crippen molar-refractivity contribution >= 4 is 11.8 Å². The van der Waals surface area contributed by atoms with E-state index in [4.69, 9.17) is 4.42 Å². The van der Waals surface area contributed by atoms with Gasteiger partial charge in [-0.3, -0.25) is 20.2 Å². The summed E-state index contributed by atoms with van der Waals surface area (Å²) >= 11 is 0. The van der Waals surface area contributed by atoms with E-state index in [1.807, 2.05) is 13.0 Å². The predicted molar refractivity (Wildman–Crippen MR) is 51.8 cm³/mol. The van der Waals surface area contributed by atoms with Gasteiger partial charge in [0.25, 0.3) is 0 Å². The predicted octanol–water partition coefficient (Wildman–Crippen LogP) is 0.345. The molecular weight excluding hydrogens is 196 g/mol. The Hall–Kier alpha value is -1.62. The van der Waals surface area contributed by atoms with Crippen LogP contribution in [-0.4, -0.2) is 17.9 Å². The molecule has 15 heavy (non-hydrogen) atoms. The monoisotopic (exact) mass is 208 g/mol. The first-order valence-electron chi connectivity index (χ1n) is 4.80. The average molecular weight is 208 g/mol. The third-order valence-corrected chi connectivity index (χ3v) is 2.39. The molecule has 1 saturated heterocycles. The van der Waals surface area contributed by atoms with Crippen LogP contribution in [0.5, 0.6) is 0 Å². The lowest BCUT2D eigenvalue weighted by molar-refractivity contribution is -0.125. The van der Waals surface area contributed by atoms with Crippen molar-refractivity contribution in [3.05, 3.63) is 24.2 Å². The normalized spacial score (nSPS) is 22.9. The van der Waals surface area contributed by atoms with Crippen molar-refractivity contribution in [1.82, 2.24) is 10.6 Å². The topological polar surface area (TPSA) is 71.3 Å². The zero-order chi connectivity index (χ0) is 10.8. The number of imide groups is 1. The van der Waals surface area contributed by atoms with Crippen LogP contribution < -0.4 is 10.6 Å². The number of amides is 2. The van der Waals surface area contributed by atoms with Crippen LogP contribution in [0.3, 0.4) is 0 Å². The van der Waals surface area contributed by atoms with Gasteiger partial charge in [-0.2, -0.15) is 0 Å². The molecule has 2 N–H and O–H groups in total. The Labute approximate surface area is 86.8 Å². The molecular formula is C10H12N2O3. The van der Waals surface area contributed by atoms with E-state index < -0.39 is 6.04 Å². The van der Waals surface area contributed by atoms with Gasteiger partial charge in [-0.1, -0.05) is 0 Å².